The zero-order chi connectivity index (χ0) is 16.2. The largest absolute Gasteiger partial charge is 0.493 e. The third-order valence-corrected chi connectivity index (χ3v) is 5.54. The fourth-order valence-electron chi connectivity index (χ4n) is 2.40. The molecule has 1 fully saturated rings. The van der Waals surface area contributed by atoms with E-state index in [1.807, 2.05) is 13.0 Å². The summed E-state index contributed by atoms with van der Waals surface area (Å²) in [6.07, 6.45) is 1.41. The molecule has 1 aromatic carbocycles. The fourth-order valence-corrected chi connectivity index (χ4v) is 4.30. The number of nitrogens with one attached hydrogen (secondary N) is 1. The topological polar surface area (TPSA) is 72.5 Å². The number of halogens is 1. The third-order valence-electron chi connectivity index (χ3n) is 3.54. The van der Waals surface area contributed by atoms with Crippen LogP contribution in [0.25, 0.3) is 0 Å². The Kier molecular flexibility index (Phi) is 5.69. The molecule has 1 saturated heterocycles. The van der Waals surface area contributed by atoms with Gasteiger partial charge in [0, 0.05) is 17.5 Å². The molecule has 0 aliphatic carbocycles. The van der Waals surface area contributed by atoms with E-state index in [0.29, 0.717) is 30.9 Å². The zero-order valence-electron chi connectivity index (χ0n) is 12.5. The van der Waals surface area contributed by atoms with Gasteiger partial charge in [-0.15, -0.1) is 0 Å². The average Bonchev–Trinajstić information content (AvgIpc) is 2.76. The van der Waals surface area contributed by atoms with Crippen LogP contribution in [0.2, 0.25) is 5.02 Å². The van der Waals surface area contributed by atoms with E-state index >= 15 is 0 Å². The molecule has 1 aliphatic heterocycles. The number of hydrogen-bond donors (Lipinski definition) is 1. The van der Waals surface area contributed by atoms with Crippen LogP contribution in [-0.2, 0) is 14.6 Å². The summed E-state index contributed by atoms with van der Waals surface area (Å²) in [4.78, 5) is 11.8. The van der Waals surface area contributed by atoms with Crippen molar-refractivity contribution in [1.29, 1.82) is 0 Å². The molecule has 0 spiro atoms. The second kappa shape index (κ2) is 7.33. The van der Waals surface area contributed by atoms with Gasteiger partial charge in [0.15, 0.2) is 9.84 Å². The highest BCUT2D eigenvalue weighted by Crippen LogP contribution is 2.21. The lowest BCUT2D eigenvalue weighted by atomic mass is 10.2. The highest BCUT2D eigenvalue weighted by Gasteiger charge is 2.28. The van der Waals surface area contributed by atoms with E-state index in [1.54, 1.807) is 12.1 Å². The van der Waals surface area contributed by atoms with Gasteiger partial charge in [0.05, 0.1) is 18.1 Å². The van der Waals surface area contributed by atoms with E-state index < -0.39 is 9.84 Å². The van der Waals surface area contributed by atoms with Gasteiger partial charge in [-0.1, -0.05) is 11.6 Å². The highest BCUT2D eigenvalue weighted by molar-refractivity contribution is 7.91. The number of carbonyl (C=O) groups is 1. The summed E-state index contributed by atoms with van der Waals surface area (Å²) in [7, 11) is -2.96. The number of ether oxygens (including phenoxy) is 1. The van der Waals surface area contributed by atoms with Gasteiger partial charge in [0.1, 0.15) is 5.75 Å². The van der Waals surface area contributed by atoms with Crippen LogP contribution in [0.15, 0.2) is 18.2 Å². The molecule has 5 nitrogen and oxygen atoms in total. The number of carbonyl (C=O) groups excluding carboxylic acids is 1. The van der Waals surface area contributed by atoms with Crippen molar-refractivity contribution in [3.8, 4) is 5.75 Å². The summed E-state index contributed by atoms with van der Waals surface area (Å²) >= 11 is 5.87. The number of aryl methyl sites for hydroxylation is 1. The first-order chi connectivity index (χ1) is 10.4. The number of sulfone groups is 1. The molecule has 0 radical (unpaired) electrons. The minimum absolute atomic E-state index is 0.0548. The molecule has 1 atom stereocenters. The smallest absolute Gasteiger partial charge is 0.220 e. The predicted molar refractivity (Wildman–Crippen MR) is 86.1 cm³/mol. The van der Waals surface area contributed by atoms with Gasteiger partial charge >= 0.3 is 0 Å². The average molecular weight is 346 g/mol. The second-order valence-electron chi connectivity index (χ2n) is 5.53. The van der Waals surface area contributed by atoms with Crippen LogP contribution in [0.5, 0.6) is 5.75 Å². The van der Waals surface area contributed by atoms with Crippen LogP contribution < -0.4 is 10.1 Å². The Labute approximate surface area is 135 Å². The van der Waals surface area contributed by atoms with Gasteiger partial charge in [-0.25, -0.2) is 8.42 Å². The number of amides is 1. The van der Waals surface area contributed by atoms with Crippen LogP contribution in [0.4, 0.5) is 0 Å². The van der Waals surface area contributed by atoms with Gasteiger partial charge in [-0.3, -0.25) is 4.79 Å². The lowest BCUT2D eigenvalue weighted by Gasteiger charge is -2.12. The van der Waals surface area contributed by atoms with Crippen molar-refractivity contribution < 1.29 is 17.9 Å². The molecule has 122 valence electrons. The molecule has 1 N–H and O–H groups in total. The Balaban J connectivity index is 1.67. The zero-order valence-corrected chi connectivity index (χ0v) is 14.0. The Morgan fingerprint density at radius 1 is 1.45 bits per heavy atom. The fraction of sp³-hybridized carbons (Fsp3) is 0.533. The van der Waals surface area contributed by atoms with Gasteiger partial charge < -0.3 is 10.1 Å². The maximum atomic E-state index is 11.8. The first-order valence-corrected chi connectivity index (χ1v) is 9.44. The molecular weight excluding hydrogens is 326 g/mol. The first-order valence-electron chi connectivity index (χ1n) is 7.24. The summed E-state index contributed by atoms with van der Waals surface area (Å²) < 4.78 is 28.2. The Hall–Kier alpha value is -1.27. The van der Waals surface area contributed by atoms with Gasteiger partial charge in [-0.05, 0) is 43.5 Å². The van der Waals surface area contributed by atoms with Gasteiger partial charge in [0.2, 0.25) is 5.91 Å². The highest BCUT2D eigenvalue weighted by atomic mass is 35.5. The molecule has 7 heteroatoms. The Morgan fingerprint density at radius 3 is 2.86 bits per heavy atom. The molecule has 1 aromatic rings. The van der Waals surface area contributed by atoms with Crippen molar-refractivity contribution in [2.24, 2.45) is 0 Å². The molecule has 0 bridgehead atoms. The number of rotatable bonds is 6. The van der Waals surface area contributed by atoms with Crippen molar-refractivity contribution in [3.05, 3.63) is 28.8 Å². The van der Waals surface area contributed by atoms with Crippen molar-refractivity contribution >= 4 is 27.3 Å². The van der Waals surface area contributed by atoms with Crippen molar-refractivity contribution in [1.82, 2.24) is 5.32 Å². The van der Waals surface area contributed by atoms with Crippen molar-refractivity contribution in [3.63, 3.8) is 0 Å². The summed E-state index contributed by atoms with van der Waals surface area (Å²) in [6.45, 7) is 2.34. The van der Waals surface area contributed by atoms with Crippen LogP contribution in [0.1, 0.15) is 24.8 Å². The van der Waals surface area contributed by atoms with E-state index in [2.05, 4.69) is 5.32 Å². The summed E-state index contributed by atoms with van der Waals surface area (Å²) in [5, 5.41) is 3.42. The van der Waals surface area contributed by atoms with Crippen LogP contribution in [-0.4, -0.2) is 38.5 Å². The molecule has 1 aliphatic rings. The maximum Gasteiger partial charge on any atom is 0.220 e. The summed E-state index contributed by atoms with van der Waals surface area (Å²) in [5.41, 5.74) is 0.952. The molecule has 1 amide bonds. The van der Waals surface area contributed by atoms with E-state index in [-0.39, 0.29) is 23.5 Å². The summed E-state index contributed by atoms with van der Waals surface area (Å²) in [6, 6.07) is 5.15. The standard InChI is InChI=1S/C15H20ClNO4S/c1-11-9-12(16)4-5-14(11)21-7-2-3-15(18)17-13-6-8-22(19,20)10-13/h4-5,9,13H,2-3,6-8,10H2,1H3,(H,17,18). The lowest BCUT2D eigenvalue weighted by Crippen LogP contribution is -2.35. The van der Waals surface area contributed by atoms with E-state index in [0.717, 1.165) is 11.3 Å². The van der Waals surface area contributed by atoms with Crippen LogP contribution >= 0.6 is 11.6 Å². The van der Waals surface area contributed by atoms with E-state index in [9.17, 15) is 13.2 Å². The molecule has 1 heterocycles. The maximum absolute atomic E-state index is 11.8. The van der Waals surface area contributed by atoms with Crippen LogP contribution in [0, 0.1) is 6.92 Å². The van der Waals surface area contributed by atoms with Gasteiger partial charge in [0.25, 0.3) is 0 Å². The molecule has 22 heavy (non-hydrogen) atoms. The van der Waals surface area contributed by atoms with E-state index in [1.165, 1.54) is 0 Å². The molecule has 2 rings (SSSR count). The quantitative estimate of drug-likeness (QED) is 0.801. The number of benzene rings is 1. The molecule has 1 unspecified atom stereocenters. The van der Waals surface area contributed by atoms with Gasteiger partial charge in [-0.2, -0.15) is 0 Å². The first kappa shape index (κ1) is 17.1. The Bertz CT molecular complexity index is 645. The molecule has 0 aromatic heterocycles. The molecular formula is C15H20ClNO4S. The minimum Gasteiger partial charge on any atom is -0.493 e. The van der Waals surface area contributed by atoms with E-state index in [4.69, 9.17) is 16.3 Å². The predicted octanol–water partition coefficient (Wildman–Crippen LogP) is 2.11. The summed E-state index contributed by atoms with van der Waals surface area (Å²) in [5.74, 6) is 0.848. The Morgan fingerprint density at radius 2 is 2.23 bits per heavy atom. The van der Waals surface area contributed by atoms with Crippen LogP contribution in [0.3, 0.4) is 0 Å². The van der Waals surface area contributed by atoms with Crippen molar-refractivity contribution in [2.75, 3.05) is 18.1 Å². The monoisotopic (exact) mass is 345 g/mol. The third kappa shape index (κ3) is 5.18. The lowest BCUT2D eigenvalue weighted by molar-refractivity contribution is -0.121. The normalized spacial score (nSPS) is 19.8. The minimum atomic E-state index is -2.96. The second-order valence-corrected chi connectivity index (χ2v) is 8.19. The molecule has 0 saturated carbocycles. The SMILES string of the molecule is Cc1cc(Cl)ccc1OCCCC(=O)NC1CCS(=O)(=O)C1. The van der Waals surface area contributed by atoms with Crippen molar-refractivity contribution in [2.45, 2.75) is 32.2 Å². The number of hydrogen-bond acceptors (Lipinski definition) is 4.